The summed E-state index contributed by atoms with van der Waals surface area (Å²) < 4.78 is 0. The van der Waals surface area contributed by atoms with Crippen LogP contribution < -0.4 is 0 Å². The van der Waals surface area contributed by atoms with Crippen molar-refractivity contribution in [1.82, 2.24) is 9.80 Å². The van der Waals surface area contributed by atoms with Crippen LogP contribution in [0.5, 0.6) is 0 Å². The number of carbonyl (C=O) groups is 1. The van der Waals surface area contributed by atoms with Gasteiger partial charge in [-0.1, -0.05) is 6.42 Å². The second-order valence-electron chi connectivity index (χ2n) is 5.33. The topological polar surface area (TPSA) is 47.3 Å². The highest BCUT2D eigenvalue weighted by molar-refractivity contribution is 5.81. The van der Waals surface area contributed by atoms with Gasteiger partial charge in [-0.2, -0.15) is 5.26 Å². The fraction of sp³-hybridized carbons (Fsp3) is 0.846. The van der Waals surface area contributed by atoms with Crippen molar-refractivity contribution in [3.63, 3.8) is 0 Å². The maximum absolute atomic E-state index is 12.1. The molecule has 2 fully saturated rings. The predicted octanol–water partition coefficient (Wildman–Crippen LogP) is 1.23. The van der Waals surface area contributed by atoms with Gasteiger partial charge >= 0.3 is 0 Å². The van der Waals surface area contributed by atoms with E-state index in [9.17, 15) is 4.79 Å². The SMILES string of the molecule is CC(C#N)C(=O)N1CC2CCCCN2CC1C. The molecule has 2 aliphatic heterocycles. The monoisotopic (exact) mass is 235 g/mol. The number of fused-ring (bicyclic) bond motifs is 1. The molecule has 4 nitrogen and oxygen atoms in total. The van der Waals surface area contributed by atoms with Gasteiger partial charge in [-0.3, -0.25) is 9.69 Å². The summed E-state index contributed by atoms with van der Waals surface area (Å²) in [5, 5.41) is 8.85. The first-order valence-corrected chi connectivity index (χ1v) is 6.57. The molecule has 3 unspecified atom stereocenters. The first-order chi connectivity index (χ1) is 8.13. The summed E-state index contributed by atoms with van der Waals surface area (Å²) in [6.07, 6.45) is 3.74. The lowest BCUT2D eigenvalue weighted by Crippen LogP contribution is -2.60. The van der Waals surface area contributed by atoms with Crippen molar-refractivity contribution in [1.29, 1.82) is 5.26 Å². The third-order valence-corrected chi connectivity index (χ3v) is 4.03. The lowest BCUT2D eigenvalue weighted by Gasteiger charge is -2.47. The van der Waals surface area contributed by atoms with Gasteiger partial charge in [0.05, 0.1) is 6.07 Å². The highest BCUT2D eigenvalue weighted by Gasteiger charge is 2.36. The van der Waals surface area contributed by atoms with Crippen LogP contribution in [0.1, 0.15) is 33.1 Å². The molecule has 17 heavy (non-hydrogen) atoms. The van der Waals surface area contributed by atoms with Gasteiger partial charge in [0, 0.05) is 25.2 Å². The first kappa shape index (κ1) is 12.4. The second-order valence-corrected chi connectivity index (χ2v) is 5.33. The maximum Gasteiger partial charge on any atom is 0.239 e. The molecule has 2 saturated heterocycles. The fourth-order valence-electron chi connectivity index (χ4n) is 2.96. The van der Waals surface area contributed by atoms with Gasteiger partial charge in [0.15, 0.2) is 0 Å². The van der Waals surface area contributed by atoms with Gasteiger partial charge < -0.3 is 4.90 Å². The van der Waals surface area contributed by atoms with Crippen molar-refractivity contribution in [3.8, 4) is 6.07 Å². The van der Waals surface area contributed by atoms with E-state index in [0.717, 1.165) is 13.1 Å². The van der Waals surface area contributed by atoms with Gasteiger partial charge in [0.2, 0.25) is 5.91 Å². The maximum atomic E-state index is 12.1. The molecule has 2 aliphatic rings. The van der Waals surface area contributed by atoms with Crippen LogP contribution in [0.25, 0.3) is 0 Å². The van der Waals surface area contributed by atoms with Crippen LogP contribution in [0.15, 0.2) is 0 Å². The molecule has 0 spiro atoms. The number of piperidine rings is 1. The van der Waals surface area contributed by atoms with Gasteiger partial charge in [0.1, 0.15) is 5.92 Å². The van der Waals surface area contributed by atoms with E-state index < -0.39 is 5.92 Å². The zero-order chi connectivity index (χ0) is 12.4. The highest BCUT2D eigenvalue weighted by Crippen LogP contribution is 2.24. The number of piperazine rings is 1. The van der Waals surface area contributed by atoms with E-state index in [-0.39, 0.29) is 11.9 Å². The summed E-state index contributed by atoms with van der Waals surface area (Å²) in [6, 6.07) is 2.82. The number of hydrogen-bond donors (Lipinski definition) is 0. The van der Waals surface area contributed by atoms with Gasteiger partial charge in [-0.05, 0) is 33.2 Å². The van der Waals surface area contributed by atoms with Gasteiger partial charge in [0.25, 0.3) is 0 Å². The molecule has 0 aromatic rings. The molecule has 2 heterocycles. The van der Waals surface area contributed by atoms with Crippen molar-refractivity contribution >= 4 is 5.91 Å². The number of amides is 1. The van der Waals surface area contributed by atoms with E-state index in [1.165, 1.54) is 25.8 Å². The average Bonchev–Trinajstić information content (AvgIpc) is 2.36. The quantitative estimate of drug-likeness (QED) is 0.687. The Kier molecular flexibility index (Phi) is 3.68. The van der Waals surface area contributed by atoms with Crippen LogP contribution in [0.3, 0.4) is 0 Å². The van der Waals surface area contributed by atoms with E-state index in [1.807, 2.05) is 11.0 Å². The number of nitriles is 1. The van der Waals surface area contributed by atoms with Crippen molar-refractivity contribution in [3.05, 3.63) is 0 Å². The summed E-state index contributed by atoms with van der Waals surface area (Å²) in [5.74, 6) is -0.502. The van der Waals surface area contributed by atoms with E-state index in [0.29, 0.717) is 6.04 Å². The first-order valence-electron chi connectivity index (χ1n) is 6.57. The molecule has 0 aromatic carbocycles. The Hall–Kier alpha value is -1.08. The Morgan fingerprint density at radius 3 is 2.88 bits per heavy atom. The Morgan fingerprint density at radius 2 is 2.18 bits per heavy atom. The van der Waals surface area contributed by atoms with Crippen LogP contribution in [0, 0.1) is 17.2 Å². The standard InChI is InChI=1S/C13H21N3O/c1-10(7-14)13(17)16-9-12-5-3-4-6-15(12)8-11(16)2/h10-12H,3-6,8-9H2,1-2H3. The lowest BCUT2D eigenvalue weighted by atomic mass is 9.96. The summed E-state index contributed by atoms with van der Waals surface area (Å²) in [4.78, 5) is 16.5. The van der Waals surface area contributed by atoms with Gasteiger partial charge in [-0.15, -0.1) is 0 Å². The zero-order valence-electron chi connectivity index (χ0n) is 10.7. The molecule has 0 saturated carbocycles. The normalized spacial score (nSPS) is 31.5. The molecule has 2 rings (SSSR count). The summed E-state index contributed by atoms with van der Waals surface area (Å²) in [7, 11) is 0. The zero-order valence-corrected chi connectivity index (χ0v) is 10.7. The third kappa shape index (κ3) is 2.44. The number of carbonyl (C=O) groups excluding carboxylic acids is 1. The minimum Gasteiger partial charge on any atom is -0.336 e. The van der Waals surface area contributed by atoms with Crippen LogP contribution in [0.4, 0.5) is 0 Å². The molecule has 1 amide bonds. The van der Waals surface area contributed by atoms with E-state index >= 15 is 0 Å². The molecule has 0 N–H and O–H groups in total. The molecule has 0 radical (unpaired) electrons. The molecular formula is C13H21N3O. The van der Waals surface area contributed by atoms with Crippen LogP contribution in [-0.4, -0.2) is 47.4 Å². The summed E-state index contributed by atoms with van der Waals surface area (Å²) in [5.41, 5.74) is 0. The fourth-order valence-corrected chi connectivity index (χ4v) is 2.96. The molecule has 0 aromatic heterocycles. The highest BCUT2D eigenvalue weighted by atomic mass is 16.2. The van der Waals surface area contributed by atoms with Crippen molar-refractivity contribution in [2.75, 3.05) is 19.6 Å². The van der Waals surface area contributed by atoms with Crippen molar-refractivity contribution in [2.45, 2.75) is 45.2 Å². The van der Waals surface area contributed by atoms with Crippen molar-refractivity contribution in [2.24, 2.45) is 5.92 Å². The lowest BCUT2D eigenvalue weighted by molar-refractivity contribution is -0.140. The number of nitrogens with zero attached hydrogens (tertiary/aromatic N) is 3. The van der Waals surface area contributed by atoms with Crippen molar-refractivity contribution < 1.29 is 4.79 Å². The smallest absolute Gasteiger partial charge is 0.239 e. The average molecular weight is 235 g/mol. The molecular weight excluding hydrogens is 214 g/mol. The van der Waals surface area contributed by atoms with E-state index in [1.54, 1.807) is 6.92 Å². The molecule has 3 atom stereocenters. The second kappa shape index (κ2) is 5.05. The number of rotatable bonds is 1. The van der Waals surface area contributed by atoms with Crippen LogP contribution in [0.2, 0.25) is 0 Å². The predicted molar refractivity (Wildman–Crippen MR) is 65.2 cm³/mol. The van der Waals surface area contributed by atoms with Gasteiger partial charge in [-0.25, -0.2) is 0 Å². The van der Waals surface area contributed by atoms with E-state index in [4.69, 9.17) is 5.26 Å². The third-order valence-electron chi connectivity index (χ3n) is 4.03. The molecule has 0 bridgehead atoms. The Balaban J connectivity index is 2.04. The number of hydrogen-bond acceptors (Lipinski definition) is 3. The summed E-state index contributed by atoms with van der Waals surface area (Å²) in [6.45, 7) is 6.74. The Morgan fingerprint density at radius 1 is 1.41 bits per heavy atom. The Bertz CT molecular complexity index is 336. The minimum atomic E-state index is -0.507. The molecule has 94 valence electrons. The Labute approximate surface area is 103 Å². The molecule has 4 heteroatoms. The summed E-state index contributed by atoms with van der Waals surface area (Å²) >= 11 is 0. The van der Waals surface area contributed by atoms with Crippen LogP contribution >= 0.6 is 0 Å². The largest absolute Gasteiger partial charge is 0.336 e. The molecule has 0 aliphatic carbocycles. The van der Waals surface area contributed by atoms with E-state index in [2.05, 4.69) is 11.8 Å². The van der Waals surface area contributed by atoms with Crippen LogP contribution in [-0.2, 0) is 4.79 Å². The minimum absolute atomic E-state index is 0.00484.